The number of furan rings is 1. The van der Waals surface area contributed by atoms with Crippen LogP contribution >= 0.6 is 15.9 Å². The Balaban J connectivity index is 2.14. The van der Waals surface area contributed by atoms with Gasteiger partial charge in [-0.3, -0.25) is 4.79 Å². The lowest BCUT2D eigenvalue weighted by molar-refractivity contribution is 0.0752. The van der Waals surface area contributed by atoms with E-state index in [1.54, 1.807) is 18.0 Å². The standard InChI is InChI=1S/C14H14BrNO2/c1-10-7-8-18-13(10)14(17)16(2)9-11-5-3-4-6-12(11)15/h3-8H,9H2,1-2H3. The van der Waals surface area contributed by atoms with Crippen LogP contribution < -0.4 is 0 Å². The van der Waals surface area contributed by atoms with Crippen molar-refractivity contribution >= 4 is 21.8 Å². The Labute approximate surface area is 115 Å². The van der Waals surface area contributed by atoms with Crippen molar-refractivity contribution in [1.29, 1.82) is 0 Å². The molecule has 0 bridgehead atoms. The largest absolute Gasteiger partial charge is 0.459 e. The summed E-state index contributed by atoms with van der Waals surface area (Å²) in [6, 6.07) is 9.65. The van der Waals surface area contributed by atoms with Crippen molar-refractivity contribution < 1.29 is 9.21 Å². The van der Waals surface area contributed by atoms with Gasteiger partial charge >= 0.3 is 0 Å². The summed E-state index contributed by atoms with van der Waals surface area (Å²) in [5.74, 6) is 0.304. The molecule has 18 heavy (non-hydrogen) atoms. The minimum atomic E-state index is -0.103. The summed E-state index contributed by atoms with van der Waals surface area (Å²) in [6.45, 7) is 2.41. The van der Waals surface area contributed by atoms with Crippen molar-refractivity contribution in [3.63, 3.8) is 0 Å². The molecule has 1 amide bonds. The van der Waals surface area contributed by atoms with Crippen molar-refractivity contribution in [3.8, 4) is 0 Å². The number of benzene rings is 1. The number of aryl methyl sites for hydroxylation is 1. The van der Waals surface area contributed by atoms with Gasteiger partial charge in [0.15, 0.2) is 5.76 Å². The molecule has 0 aliphatic rings. The van der Waals surface area contributed by atoms with Gasteiger partial charge in [0.25, 0.3) is 5.91 Å². The van der Waals surface area contributed by atoms with E-state index in [0.717, 1.165) is 15.6 Å². The van der Waals surface area contributed by atoms with E-state index in [4.69, 9.17) is 4.42 Å². The number of rotatable bonds is 3. The molecule has 3 nitrogen and oxygen atoms in total. The molecule has 0 aliphatic carbocycles. The minimum absolute atomic E-state index is 0.103. The molecule has 0 atom stereocenters. The van der Waals surface area contributed by atoms with Gasteiger partial charge in [-0.05, 0) is 24.6 Å². The van der Waals surface area contributed by atoms with Crippen molar-refractivity contribution in [2.24, 2.45) is 0 Å². The smallest absolute Gasteiger partial charge is 0.289 e. The highest BCUT2D eigenvalue weighted by Gasteiger charge is 2.17. The maximum atomic E-state index is 12.2. The molecule has 1 aromatic carbocycles. The molecule has 0 aliphatic heterocycles. The monoisotopic (exact) mass is 307 g/mol. The highest BCUT2D eigenvalue weighted by molar-refractivity contribution is 9.10. The van der Waals surface area contributed by atoms with Crippen molar-refractivity contribution in [1.82, 2.24) is 4.90 Å². The number of hydrogen-bond donors (Lipinski definition) is 0. The first kappa shape index (κ1) is 12.9. The molecule has 0 radical (unpaired) electrons. The number of hydrogen-bond acceptors (Lipinski definition) is 2. The number of nitrogens with zero attached hydrogens (tertiary/aromatic N) is 1. The lowest BCUT2D eigenvalue weighted by Gasteiger charge is -2.17. The summed E-state index contributed by atoms with van der Waals surface area (Å²) in [5, 5.41) is 0. The fourth-order valence-electron chi connectivity index (χ4n) is 1.72. The maximum Gasteiger partial charge on any atom is 0.289 e. The molecule has 0 saturated heterocycles. The molecule has 2 rings (SSSR count). The normalized spacial score (nSPS) is 10.4. The summed E-state index contributed by atoms with van der Waals surface area (Å²) in [7, 11) is 1.77. The predicted molar refractivity (Wildman–Crippen MR) is 73.4 cm³/mol. The van der Waals surface area contributed by atoms with Crippen LogP contribution in [0, 0.1) is 6.92 Å². The molecule has 0 spiro atoms. The first-order valence-corrected chi connectivity index (χ1v) is 6.42. The van der Waals surface area contributed by atoms with Crippen LogP contribution in [0.2, 0.25) is 0 Å². The summed E-state index contributed by atoms with van der Waals surface area (Å²) in [5.41, 5.74) is 1.93. The molecule has 0 saturated carbocycles. The Bertz CT molecular complexity index is 562. The quantitative estimate of drug-likeness (QED) is 0.867. The zero-order valence-corrected chi connectivity index (χ0v) is 11.9. The van der Waals surface area contributed by atoms with E-state index >= 15 is 0 Å². The Kier molecular flexibility index (Phi) is 3.87. The van der Waals surface area contributed by atoms with Crippen LogP contribution in [0.15, 0.2) is 45.5 Å². The van der Waals surface area contributed by atoms with Gasteiger partial charge in [-0.25, -0.2) is 0 Å². The van der Waals surface area contributed by atoms with E-state index in [9.17, 15) is 4.79 Å². The molecule has 0 fully saturated rings. The highest BCUT2D eigenvalue weighted by atomic mass is 79.9. The van der Waals surface area contributed by atoms with Crippen molar-refractivity contribution in [2.75, 3.05) is 7.05 Å². The second-order valence-electron chi connectivity index (χ2n) is 4.19. The van der Waals surface area contributed by atoms with Gasteiger partial charge < -0.3 is 9.32 Å². The zero-order chi connectivity index (χ0) is 13.1. The Hall–Kier alpha value is -1.55. The SMILES string of the molecule is Cc1ccoc1C(=O)N(C)Cc1ccccc1Br. The average molecular weight is 308 g/mol. The zero-order valence-electron chi connectivity index (χ0n) is 10.3. The first-order chi connectivity index (χ1) is 8.59. The van der Waals surface area contributed by atoms with Crippen molar-refractivity contribution in [3.05, 3.63) is 58.0 Å². The lowest BCUT2D eigenvalue weighted by atomic mass is 10.2. The van der Waals surface area contributed by atoms with Gasteiger partial charge in [0.05, 0.1) is 6.26 Å². The molecular formula is C14H14BrNO2. The van der Waals surface area contributed by atoms with Crippen LogP contribution in [0.4, 0.5) is 0 Å². The second-order valence-corrected chi connectivity index (χ2v) is 5.04. The number of halogens is 1. The molecule has 0 N–H and O–H groups in total. The summed E-state index contributed by atoms with van der Waals surface area (Å²) in [6.07, 6.45) is 1.54. The van der Waals surface area contributed by atoms with E-state index in [1.807, 2.05) is 31.2 Å². The van der Waals surface area contributed by atoms with Gasteiger partial charge in [0, 0.05) is 23.6 Å². The van der Waals surface area contributed by atoms with E-state index in [-0.39, 0.29) is 5.91 Å². The molecule has 0 unspecified atom stereocenters. The number of carbonyl (C=O) groups excluding carboxylic acids is 1. The van der Waals surface area contributed by atoms with E-state index in [2.05, 4.69) is 15.9 Å². The molecule has 1 aromatic heterocycles. The lowest BCUT2D eigenvalue weighted by Crippen LogP contribution is -2.26. The van der Waals surface area contributed by atoms with Gasteiger partial charge in [-0.1, -0.05) is 34.1 Å². The molecule has 4 heteroatoms. The minimum Gasteiger partial charge on any atom is -0.459 e. The second kappa shape index (κ2) is 5.40. The fraction of sp³-hybridized carbons (Fsp3) is 0.214. The van der Waals surface area contributed by atoms with Gasteiger partial charge in [-0.15, -0.1) is 0 Å². The Morgan fingerprint density at radius 3 is 2.67 bits per heavy atom. The summed E-state index contributed by atoms with van der Waals surface area (Å²) in [4.78, 5) is 13.8. The summed E-state index contributed by atoms with van der Waals surface area (Å²) >= 11 is 3.48. The Morgan fingerprint density at radius 1 is 1.33 bits per heavy atom. The van der Waals surface area contributed by atoms with Gasteiger partial charge in [0.1, 0.15) is 0 Å². The number of amides is 1. The molecule has 2 aromatic rings. The van der Waals surface area contributed by atoms with E-state index in [0.29, 0.717) is 12.3 Å². The third kappa shape index (κ3) is 2.64. The fourth-order valence-corrected chi connectivity index (χ4v) is 2.13. The van der Waals surface area contributed by atoms with E-state index < -0.39 is 0 Å². The topological polar surface area (TPSA) is 33.5 Å². The number of carbonyl (C=O) groups is 1. The predicted octanol–water partition coefficient (Wildman–Crippen LogP) is 3.62. The molecular weight excluding hydrogens is 294 g/mol. The van der Waals surface area contributed by atoms with Crippen LogP contribution in [0.25, 0.3) is 0 Å². The van der Waals surface area contributed by atoms with Crippen LogP contribution in [0.1, 0.15) is 21.7 Å². The van der Waals surface area contributed by atoms with Crippen LogP contribution in [0.3, 0.4) is 0 Å². The first-order valence-electron chi connectivity index (χ1n) is 5.62. The summed E-state index contributed by atoms with van der Waals surface area (Å²) < 4.78 is 6.21. The maximum absolute atomic E-state index is 12.2. The average Bonchev–Trinajstić information content (AvgIpc) is 2.77. The van der Waals surface area contributed by atoms with E-state index in [1.165, 1.54) is 6.26 Å². The van der Waals surface area contributed by atoms with Gasteiger partial charge in [0.2, 0.25) is 0 Å². The highest BCUT2D eigenvalue weighted by Crippen LogP contribution is 2.19. The molecule has 94 valence electrons. The third-order valence-corrected chi connectivity index (χ3v) is 3.54. The third-order valence-electron chi connectivity index (χ3n) is 2.77. The van der Waals surface area contributed by atoms with Crippen molar-refractivity contribution in [2.45, 2.75) is 13.5 Å². The van der Waals surface area contributed by atoms with Crippen LogP contribution in [0.5, 0.6) is 0 Å². The van der Waals surface area contributed by atoms with Gasteiger partial charge in [-0.2, -0.15) is 0 Å². The Morgan fingerprint density at radius 2 is 2.06 bits per heavy atom. The van der Waals surface area contributed by atoms with Crippen LogP contribution in [-0.4, -0.2) is 17.9 Å². The molecule has 1 heterocycles. The van der Waals surface area contributed by atoms with Crippen LogP contribution in [-0.2, 0) is 6.54 Å².